The zero-order valence-corrected chi connectivity index (χ0v) is 18.3. The maximum Gasteiger partial charge on any atom is 0.321 e. The molecule has 3 amide bonds. The van der Waals surface area contributed by atoms with Crippen LogP contribution < -0.4 is 16.0 Å². The number of hydrogen-bond donors (Lipinski definition) is 3. The Hall–Kier alpha value is -1.39. The van der Waals surface area contributed by atoms with Crippen molar-refractivity contribution >= 4 is 40.2 Å². The molecule has 2 heterocycles. The summed E-state index contributed by atoms with van der Waals surface area (Å²) >= 11 is 2.69. The molecular weight excluding hydrogens is 410 g/mol. The Balaban J connectivity index is 1.14. The number of imide groups is 1. The Morgan fingerprint density at radius 1 is 1.28 bits per heavy atom. The van der Waals surface area contributed by atoms with Gasteiger partial charge in [-0.2, -0.15) is 0 Å². The Labute approximate surface area is 179 Å². The summed E-state index contributed by atoms with van der Waals surface area (Å²) in [6.45, 7) is 3.60. The second-order valence-corrected chi connectivity index (χ2v) is 10.5. The second kappa shape index (κ2) is 9.61. The SMILES string of the molecule is CC(NC(=O)NC(=O)CSc1nnc(NCC2CCCO2)s1)C1CC2CCC1C2. The third kappa shape index (κ3) is 5.61. The van der Waals surface area contributed by atoms with E-state index in [1.807, 2.05) is 0 Å². The summed E-state index contributed by atoms with van der Waals surface area (Å²) < 4.78 is 6.27. The number of carbonyl (C=O) groups is 2. The summed E-state index contributed by atoms with van der Waals surface area (Å²) in [5.41, 5.74) is 0. The normalized spacial score (nSPS) is 29.0. The van der Waals surface area contributed by atoms with Gasteiger partial charge in [-0.1, -0.05) is 29.5 Å². The van der Waals surface area contributed by atoms with Gasteiger partial charge in [-0.15, -0.1) is 10.2 Å². The van der Waals surface area contributed by atoms with Gasteiger partial charge in [0.15, 0.2) is 4.34 Å². The van der Waals surface area contributed by atoms with Gasteiger partial charge in [-0.3, -0.25) is 10.1 Å². The molecule has 1 aliphatic heterocycles. The fourth-order valence-corrected chi connectivity index (χ4v) is 6.45. The molecule has 3 aliphatic rings. The van der Waals surface area contributed by atoms with Crippen molar-refractivity contribution in [2.45, 2.75) is 61.9 Å². The average Bonchev–Trinajstić information content (AvgIpc) is 3.50. The number of fused-ring (bicyclic) bond motifs is 2. The van der Waals surface area contributed by atoms with Gasteiger partial charge in [0.2, 0.25) is 11.0 Å². The summed E-state index contributed by atoms with van der Waals surface area (Å²) in [6, 6.07) is -0.298. The maximum atomic E-state index is 12.2. The van der Waals surface area contributed by atoms with Crippen LogP contribution in [-0.4, -0.2) is 53.2 Å². The van der Waals surface area contributed by atoms with Crippen molar-refractivity contribution in [1.82, 2.24) is 20.8 Å². The van der Waals surface area contributed by atoms with E-state index >= 15 is 0 Å². The van der Waals surface area contributed by atoms with Gasteiger partial charge < -0.3 is 15.4 Å². The quantitative estimate of drug-likeness (QED) is 0.535. The standard InChI is InChI=1S/C19H29N5O3S2/c1-11(15-8-12-4-5-13(15)7-12)21-17(26)22-16(25)10-28-19-24-23-18(29-19)20-9-14-3-2-6-27-14/h11-15H,2-10H2,1H3,(H,20,23)(H2,21,22,25,26). The van der Waals surface area contributed by atoms with Crippen molar-refractivity contribution in [3.8, 4) is 0 Å². The monoisotopic (exact) mass is 439 g/mol. The van der Waals surface area contributed by atoms with Crippen molar-refractivity contribution in [2.75, 3.05) is 24.2 Å². The Morgan fingerprint density at radius 3 is 2.90 bits per heavy atom. The van der Waals surface area contributed by atoms with Crippen LogP contribution in [0.3, 0.4) is 0 Å². The summed E-state index contributed by atoms with van der Waals surface area (Å²) in [4.78, 5) is 24.2. The van der Waals surface area contributed by atoms with Crippen molar-refractivity contribution in [2.24, 2.45) is 17.8 Å². The fourth-order valence-electron chi connectivity index (χ4n) is 4.89. The fraction of sp³-hybridized carbons (Fsp3) is 0.789. The smallest absolute Gasteiger partial charge is 0.321 e. The van der Waals surface area contributed by atoms with Gasteiger partial charge >= 0.3 is 6.03 Å². The first-order chi connectivity index (χ1) is 14.1. The van der Waals surface area contributed by atoms with Crippen LogP contribution in [0, 0.1) is 17.8 Å². The summed E-state index contributed by atoms with van der Waals surface area (Å²) in [5, 5.41) is 17.5. The van der Waals surface area contributed by atoms with E-state index < -0.39 is 6.03 Å². The number of ether oxygens (including phenoxy) is 1. The average molecular weight is 440 g/mol. The lowest BCUT2D eigenvalue weighted by molar-refractivity contribution is -0.117. The zero-order chi connectivity index (χ0) is 20.2. The highest BCUT2D eigenvalue weighted by atomic mass is 32.2. The van der Waals surface area contributed by atoms with Crippen LogP contribution >= 0.6 is 23.1 Å². The van der Waals surface area contributed by atoms with Crippen LogP contribution in [0.5, 0.6) is 0 Å². The predicted molar refractivity (Wildman–Crippen MR) is 113 cm³/mol. The third-order valence-corrected chi connectivity index (χ3v) is 8.30. The minimum absolute atomic E-state index is 0.103. The maximum absolute atomic E-state index is 12.2. The molecule has 0 spiro atoms. The van der Waals surface area contributed by atoms with Gasteiger partial charge in [0.1, 0.15) is 0 Å². The molecule has 8 nitrogen and oxygen atoms in total. The molecule has 1 aromatic heterocycles. The second-order valence-electron chi connectivity index (χ2n) is 8.33. The van der Waals surface area contributed by atoms with Crippen molar-refractivity contribution in [3.63, 3.8) is 0 Å². The van der Waals surface area contributed by atoms with E-state index in [9.17, 15) is 9.59 Å². The number of thioether (sulfide) groups is 1. The first kappa shape index (κ1) is 20.9. The van der Waals surface area contributed by atoms with Gasteiger partial charge in [0, 0.05) is 19.2 Å². The highest BCUT2D eigenvalue weighted by Crippen LogP contribution is 2.49. The summed E-state index contributed by atoms with van der Waals surface area (Å²) in [5.74, 6) is 1.94. The molecule has 3 fully saturated rings. The zero-order valence-electron chi connectivity index (χ0n) is 16.7. The molecule has 10 heteroatoms. The molecule has 2 saturated carbocycles. The molecule has 0 aromatic carbocycles. The number of amides is 3. The minimum Gasteiger partial charge on any atom is -0.376 e. The third-order valence-electron chi connectivity index (χ3n) is 6.28. The van der Waals surface area contributed by atoms with E-state index in [1.165, 1.54) is 48.8 Å². The van der Waals surface area contributed by atoms with Crippen LogP contribution in [0.15, 0.2) is 4.34 Å². The van der Waals surface area contributed by atoms with Crippen LogP contribution in [0.1, 0.15) is 45.4 Å². The minimum atomic E-state index is -0.401. The first-order valence-corrected chi connectivity index (χ1v) is 12.3. The number of carbonyl (C=O) groups excluding carboxylic acids is 2. The molecule has 2 aliphatic carbocycles. The molecule has 0 radical (unpaired) electrons. The van der Waals surface area contributed by atoms with Crippen molar-refractivity contribution < 1.29 is 14.3 Å². The number of urea groups is 1. The highest BCUT2D eigenvalue weighted by molar-refractivity contribution is 8.01. The van der Waals surface area contributed by atoms with Crippen LogP contribution in [0.2, 0.25) is 0 Å². The lowest BCUT2D eigenvalue weighted by Gasteiger charge is -2.28. The Bertz CT molecular complexity index is 724. The lowest BCUT2D eigenvalue weighted by Crippen LogP contribution is -2.47. The number of anilines is 1. The van der Waals surface area contributed by atoms with Gasteiger partial charge in [-0.25, -0.2) is 4.79 Å². The molecule has 5 atom stereocenters. The molecule has 3 N–H and O–H groups in total. The number of aromatic nitrogens is 2. The van der Waals surface area contributed by atoms with Crippen molar-refractivity contribution in [1.29, 1.82) is 0 Å². The molecule has 1 aromatic rings. The predicted octanol–water partition coefficient (Wildman–Crippen LogP) is 2.87. The molecule has 29 heavy (non-hydrogen) atoms. The molecular formula is C19H29N5O3S2. The van der Waals surface area contributed by atoms with Crippen LogP contribution in [0.25, 0.3) is 0 Å². The summed E-state index contributed by atoms with van der Waals surface area (Å²) in [6.07, 6.45) is 7.54. The highest BCUT2D eigenvalue weighted by Gasteiger charge is 2.42. The van der Waals surface area contributed by atoms with Gasteiger partial charge in [0.25, 0.3) is 0 Å². The molecule has 1 saturated heterocycles. The van der Waals surface area contributed by atoms with E-state index in [0.29, 0.717) is 10.3 Å². The van der Waals surface area contributed by atoms with Gasteiger partial charge in [0.05, 0.1) is 11.9 Å². The molecule has 5 unspecified atom stereocenters. The molecule has 2 bridgehead atoms. The largest absolute Gasteiger partial charge is 0.376 e. The number of nitrogens with one attached hydrogen (secondary N) is 3. The Kier molecular flexibility index (Phi) is 6.92. The summed E-state index contributed by atoms with van der Waals surface area (Å²) in [7, 11) is 0. The molecule has 4 rings (SSSR count). The van der Waals surface area contributed by atoms with E-state index in [-0.39, 0.29) is 23.8 Å². The van der Waals surface area contributed by atoms with Crippen molar-refractivity contribution in [3.05, 3.63) is 0 Å². The molecule has 160 valence electrons. The van der Waals surface area contributed by atoms with E-state index in [0.717, 1.165) is 43.0 Å². The van der Waals surface area contributed by atoms with E-state index in [1.54, 1.807) is 0 Å². The van der Waals surface area contributed by atoms with Crippen LogP contribution in [-0.2, 0) is 9.53 Å². The van der Waals surface area contributed by atoms with E-state index in [2.05, 4.69) is 33.1 Å². The van der Waals surface area contributed by atoms with Crippen LogP contribution in [0.4, 0.5) is 9.93 Å². The number of rotatable bonds is 8. The van der Waals surface area contributed by atoms with E-state index in [4.69, 9.17) is 4.74 Å². The first-order valence-electron chi connectivity index (χ1n) is 10.5. The van der Waals surface area contributed by atoms with Gasteiger partial charge in [-0.05, 0) is 56.8 Å². The lowest BCUT2D eigenvalue weighted by atomic mass is 9.84. The number of nitrogens with zero attached hydrogens (tertiary/aromatic N) is 2. The topological polar surface area (TPSA) is 105 Å². The number of hydrogen-bond acceptors (Lipinski definition) is 8. The Morgan fingerprint density at radius 2 is 2.17 bits per heavy atom.